The number of hydrogen-bond donors (Lipinski definition) is 1. The van der Waals surface area contributed by atoms with Gasteiger partial charge in [-0.1, -0.05) is 66.7 Å². The largest absolute Gasteiger partial charge is 0.324 e. The smallest absolute Gasteiger partial charge is 0.321 e. The van der Waals surface area contributed by atoms with E-state index in [4.69, 9.17) is 0 Å². The maximum absolute atomic E-state index is 13.4. The third kappa shape index (κ3) is 4.21. The van der Waals surface area contributed by atoms with Gasteiger partial charge >= 0.3 is 6.03 Å². The molecule has 2 aliphatic heterocycles. The van der Waals surface area contributed by atoms with Gasteiger partial charge in [0.1, 0.15) is 0 Å². The van der Waals surface area contributed by atoms with Crippen molar-refractivity contribution < 1.29 is 13.2 Å². The van der Waals surface area contributed by atoms with Crippen molar-refractivity contribution >= 4 is 21.7 Å². The van der Waals surface area contributed by atoms with Gasteiger partial charge in [-0.2, -0.15) is 4.31 Å². The summed E-state index contributed by atoms with van der Waals surface area (Å²) in [6.07, 6.45) is 2.98. The van der Waals surface area contributed by atoms with E-state index in [1.54, 1.807) is 33.5 Å². The maximum Gasteiger partial charge on any atom is 0.321 e. The summed E-state index contributed by atoms with van der Waals surface area (Å²) in [5.74, 6) is 0. The van der Waals surface area contributed by atoms with Crippen LogP contribution in [-0.4, -0.2) is 48.8 Å². The van der Waals surface area contributed by atoms with Gasteiger partial charge in [0.2, 0.25) is 10.0 Å². The van der Waals surface area contributed by atoms with Gasteiger partial charge < -0.3 is 10.2 Å². The fraction of sp³-hybridized carbons (Fsp3) is 0.296. The lowest BCUT2D eigenvalue weighted by Gasteiger charge is -2.44. The van der Waals surface area contributed by atoms with E-state index in [-0.39, 0.29) is 6.03 Å². The zero-order chi connectivity index (χ0) is 23.6. The first-order valence-corrected chi connectivity index (χ1v) is 13.2. The van der Waals surface area contributed by atoms with Crippen molar-refractivity contribution in [1.29, 1.82) is 0 Å². The zero-order valence-corrected chi connectivity index (χ0v) is 19.9. The molecule has 2 fully saturated rings. The Morgan fingerprint density at radius 1 is 0.765 bits per heavy atom. The summed E-state index contributed by atoms with van der Waals surface area (Å²) in [5, 5.41) is 3.08. The van der Waals surface area contributed by atoms with Gasteiger partial charge in [0.05, 0.1) is 10.6 Å². The number of carbonyl (C=O) groups excluding carboxylic acids is 1. The van der Waals surface area contributed by atoms with Gasteiger partial charge in [-0.05, 0) is 49.4 Å². The number of anilines is 1. The number of benzene rings is 3. The molecule has 0 bridgehead atoms. The molecular formula is C27H29N3O3S. The van der Waals surface area contributed by atoms with Gasteiger partial charge in [-0.15, -0.1) is 0 Å². The fourth-order valence-electron chi connectivity index (χ4n) is 5.29. The summed E-state index contributed by atoms with van der Waals surface area (Å²) in [4.78, 5) is 15.3. The molecule has 0 radical (unpaired) electrons. The molecule has 2 saturated heterocycles. The van der Waals surface area contributed by atoms with Crippen LogP contribution in [0.2, 0.25) is 0 Å². The molecule has 1 N–H and O–H groups in total. The molecule has 0 aromatic heterocycles. The van der Waals surface area contributed by atoms with E-state index >= 15 is 0 Å². The van der Waals surface area contributed by atoms with Crippen LogP contribution in [0.3, 0.4) is 0 Å². The fourth-order valence-corrected chi connectivity index (χ4v) is 7.20. The van der Waals surface area contributed by atoms with Gasteiger partial charge in [-0.3, -0.25) is 0 Å². The minimum absolute atomic E-state index is 0.145. The second-order valence-electron chi connectivity index (χ2n) is 9.05. The van der Waals surface area contributed by atoms with Crippen LogP contribution in [0.1, 0.15) is 25.7 Å². The molecule has 0 atom stereocenters. The Morgan fingerprint density at radius 3 is 2.09 bits per heavy atom. The molecule has 2 amide bonds. The van der Waals surface area contributed by atoms with Crippen molar-refractivity contribution in [3.63, 3.8) is 0 Å². The molecule has 2 heterocycles. The summed E-state index contributed by atoms with van der Waals surface area (Å²) in [5.41, 5.74) is 2.38. The molecule has 0 aliphatic carbocycles. The highest BCUT2D eigenvalue weighted by atomic mass is 32.2. The molecule has 7 heteroatoms. The first-order valence-electron chi connectivity index (χ1n) is 11.8. The molecule has 0 unspecified atom stereocenters. The molecule has 0 saturated carbocycles. The SMILES string of the molecule is O=C(Nc1ccccc1-c1ccccc1)N1CCC2(CCCN2S(=O)(=O)c2ccccc2)CC1. The van der Waals surface area contributed by atoms with Crippen LogP contribution in [0.4, 0.5) is 10.5 Å². The van der Waals surface area contributed by atoms with Crippen LogP contribution in [0.25, 0.3) is 11.1 Å². The van der Waals surface area contributed by atoms with Gasteiger partial charge in [0, 0.05) is 30.7 Å². The molecule has 2 aliphatic rings. The number of rotatable bonds is 4. The lowest BCUT2D eigenvalue weighted by Crippen LogP contribution is -2.55. The maximum atomic E-state index is 13.4. The predicted molar refractivity (Wildman–Crippen MR) is 134 cm³/mol. The number of nitrogens with one attached hydrogen (secondary N) is 1. The summed E-state index contributed by atoms with van der Waals surface area (Å²) < 4.78 is 28.4. The van der Waals surface area contributed by atoms with Crippen molar-refractivity contribution in [2.24, 2.45) is 0 Å². The van der Waals surface area contributed by atoms with Crippen molar-refractivity contribution in [2.45, 2.75) is 36.1 Å². The Balaban J connectivity index is 1.29. The van der Waals surface area contributed by atoms with Gasteiger partial charge in [0.25, 0.3) is 0 Å². The number of sulfonamides is 1. The quantitative estimate of drug-likeness (QED) is 0.564. The minimum atomic E-state index is -3.55. The number of urea groups is 1. The van der Waals surface area contributed by atoms with Crippen molar-refractivity contribution in [2.75, 3.05) is 25.0 Å². The van der Waals surface area contributed by atoms with Crippen molar-refractivity contribution in [3.05, 3.63) is 84.9 Å². The lowest BCUT2D eigenvalue weighted by atomic mass is 9.86. The molecule has 176 valence electrons. The Morgan fingerprint density at radius 2 is 1.38 bits per heavy atom. The Bertz CT molecular complexity index is 1250. The standard InChI is InChI=1S/C27H29N3O3S/c31-26(28-25-15-8-7-14-24(25)22-10-3-1-4-11-22)29-20-17-27(18-21-29)16-9-19-30(27)34(32,33)23-12-5-2-6-13-23/h1-8,10-15H,9,16-21H2,(H,28,31). The van der Waals surface area contributed by atoms with Crippen LogP contribution in [0, 0.1) is 0 Å². The monoisotopic (exact) mass is 475 g/mol. The Kier molecular flexibility index (Phi) is 6.15. The van der Waals surface area contributed by atoms with Crippen LogP contribution in [-0.2, 0) is 10.0 Å². The summed E-state index contributed by atoms with van der Waals surface area (Å²) in [6, 6.07) is 26.3. The van der Waals surface area contributed by atoms with E-state index in [0.29, 0.717) is 37.4 Å². The third-order valence-corrected chi connectivity index (χ3v) is 9.12. The number of carbonyl (C=O) groups is 1. The minimum Gasteiger partial charge on any atom is -0.324 e. The topological polar surface area (TPSA) is 69.7 Å². The highest BCUT2D eigenvalue weighted by Crippen LogP contribution is 2.42. The van der Waals surface area contributed by atoms with E-state index in [9.17, 15) is 13.2 Å². The van der Waals surface area contributed by atoms with Gasteiger partial charge in [-0.25, -0.2) is 13.2 Å². The first-order chi connectivity index (χ1) is 16.5. The van der Waals surface area contributed by atoms with Crippen LogP contribution in [0.5, 0.6) is 0 Å². The second kappa shape index (κ2) is 9.24. The molecule has 5 rings (SSSR count). The normalized spacial score (nSPS) is 18.2. The number of amides is 2. The van der Waals surface area contributed by atoms with Crippen LogP contribution < -0.4 is 5.32 Å². The Labute approximate surface area is 201 Å². The predicted octanol–water partition coefficient (Wildman–Crippen LogP) is 5.20. The van der Waals surface area contributed by atoms with Crippen LogP contribution in [0.15, 0.2) is 89.8 Å². The molecule has 1 spiro atoms. The van der Waals surface area contributed by atoms with Crippen molar-refractivity contribution in [3.8, 4) is 11.1 Å². The van der Waals surface area contributed by atoms with Gasteiger partial charge in [0.15, 0.2) is 0 Å². The van der Waals surface area contributed by atoms with Crippen LogP contribution >= 0.6 is 0 Å². The van der Waals surface area contributed by atoms with E-state index < -0.39 is 15.6 Å². The molecule has 3 aromatic carbocycles. The highest BCUT2D eigenvalue weighted by molar-refractivity contribution is 7.89. The third-order valence-electron chi connectivity index (χ3n) is 7.10. The first kappa shape index (κ1) is 22.6. The lowest BCUT2D eigenvalue weighted by molar-refractivity contribution is 0.119. The van der Waals surface area contributed by atoms with E-state index in [1.165, 1.54) is 0 Å². The number of nitrogens with zero attached hydrogens (tertiary/aromatic N) is 2. The number of likely N-dealkylation sites (tertiary alicyclic amines) is 1. The summed E-state index contributed by atoms with van der Waals surface area (Å²) in [7, 11) is -3.55. The summed E-state index contributed by atoms with van der Waals surface area (Å²) >= 11 is 0. The van der Waals surface area contributed by atoms with Crippen molar-refractivity contribution in [1.82, 2.24) is 9.21 Å². The zero-order valence-electron chi connectivity index (χ0n) is 19.1. The average Bonchev–Trinajstić information content (AvgIpc) is 3.29. The summed E-state index contributed by atoms with van der Waals surface area (Å²) in [6.45, 7) is 1.59. The second-order valence-corrected chi connectivity index (χ2v) is 10.9. The molecule has 34 heavy (non-hydrogen) atoms. The number of piperidine rings is 1. The molecule has 3 aromatic rings. The highest BCUT2D eigenvalue weighted by Gasteiger charge is 2.49. The number of hydrogen-bond acceptors (Lipinski definition) is 3. The average molecular weight is 476 g/mol. The van der Waals surface area contributed by atoms with E-state index in [2.05, 4.69) is 5.32 Å². The number of para-hydroxylation sites is 1. The molecular weight excluding hydrogens is 446 g/mol. The Hall–Kier alpha value is -3.16. The van der Waals surface area contributed by atoms with E-state index in [0.717, 1.165) is 29.7 Å². The molecule has 6 nitrogen and oxygen atoms in total. The van der Waals surface area contributed by atoms with E-state index in [1.807, 2.05) is 60.7 Å².